The highest BCUT2D eigenvalue weighted by molar-refractivity contribution is 5.15. The molecular weight excluding hydrogens is 256 g/mol. The third-order valence-corrected chi connectivity index (χ3v) is 4.63. The van der Waals surface area contributed by atoms with E-state index in [4.69, 9.17) is 0 Å². The number of hydrogen-bond acceptors (Lipinski definition) is 2. The lowest BCUT2D eigenvalue weighted by molar-refractivity contribution is 0.138. The van der Waals surface area contributed by atoms with Crippen molar-refractivity contribution in [1.29, 1.82) is 0 Å². The minimum atomic E-state index is 0.668. The molecule has 1 aliphatic heterocycles. The molecule has 0 spiro atoms. The van der Waals surface area contributed by atoms with Gasteiger partial charge >= 0.3 is 0 Å². The van der Waals surface area contributed by atoms with Gasteiger partial charge in [-0.3, -0.25) is 4.90 Å². The first-order chi connectivity index (χ1) is 10.1. The first-order valence-electron chi connectivity index (χ1n) is 8.64. The Balaban J connectivity index is 1.68. The standard InChI is InChI=1S/C19H32N2/c1-16(2)14-20-15-17(3)21-11-9-19(10-12-21)13-18-7-5-4-6-8-18/h4-8,16-17,19-20H,9-15H2,1-3H3. The molecule has 0 aliphatic carbocycles. The number of likely N-dealkylation sites (tertiary alicyclic amines) is 1. The van der Waals surface area contributed by atoms with Gasteiger partial charge < -0.3 is 5.32 Å². The van der Waals surface area contributed by atoms with Crippen LogP contribution >= 0.6 is 0 Å². The molecule has 0 amide bonds. The van der Waals surface area contributed by atoms with Crippen LogP contribution in [0.1, 0.15) is 39.2 Å². The van der Waals surface area contributed by atoms with E-state index in [9.17, 15) is 0 Å². The fourth-order valence-electron chi connectivity index (χ4n) is 3.26. The lowest BCUT2D eigenvalue weighted by Gasteiger charge is -2.36. The number of rotatable bonds is 7. The summed E-state index contributed by atoms with van der Waals surface area (Å²) in [4.78, 5) is 2.66. The van der Waals surface area contributed by atoms with Crippen molar-refractivity contribution in [3.05, 3.63) is 35.9 Å². The first kappa shape index (κ1) is 16.5. The fraction of sp³-hybridized carbons (Fsp3) is 0.684. The molecule has 1 atom stereocenters. The van der Waals surface area contributed by atoms with Gasteiger partial charge in [0.1, 0.15) is 0 Å². The Labute approximate surface area is 130 Å². The molecule has 0 bridgehead atoms. The normalized spacial score (nSPS) is 19.0. The molecule has 1 unspecified atom stereocenters. The third kappa shape index (κ3) is 5.80. The van der Waals surface area contributed by atoms with Gasteiger partial charge in [0.05, 0.1) is 0 Å². The summed E-state index contributed by atoms with van der Waals surface area (Å²) in [7, 11) is 0. The van der Waals surface area contributed by atoms with E-state index in [1.165, 1.54) is 37.9 Å². The molecule has 118 valence electrons. The van der Waals surface area contributed by atoms with Gasteiger partial charge in [-0.25, -0.2) is 0 Å². The zero-order valence-electron chi connectivity index (χ0n) is 14.0. The highest BCUT2D eigenvalue weighted by Crippen LogP contribution is 2.22. The Bertz CT molecular complexity index is 380. The largest absolute Gasteiger partial charge is 0.315 e. The molecule has 21 heavy (non-hydrogen) atoms. The molecule has 2 heteroatoms. The summed E-state index contributed by atoms with van der Waals surface area (Å²) in [5.74, 6) is 1.62. The summed E-state index contributed by atoms with van der Waals surface area (Å²) < 4.78 is 0. The average Bonchev–Trinajstić information content (AvgIpc) is 2.48. The molecule has 1 aromatic carbocycles. The predicted octanol–water partition coefficient (Wildman–Crippen LogP) is 3.58. The van der Waals surface area contributed by atoms with E-state index in [0.29, 0.717) is 6.04 Å². The van der Waals surface area contributed by atoms with Crippen molar-refractivity contribution in [3.8, 4) is 0 Å². The Hall–Kier alpha value is -0.860. The van der Waals surface area contributed by atoms with Crippen LogP contribution in [-0.2, 0) is 6.42 Å². The second-order valence-corrected chi connectivity index (χ2v) is 7.07. The van der Waals surface area contributed by atoms with Crippen LogP contribution in [0.4, 0.5) is 0 Å². The minimum Gasteiger partial charge on any atom is -0.315 e. The molecule has 2 nitrogen and oxygen atoms in total. The van der Waals surface area contributed by atoms with Crippen molar-refractivity contribution in [2.75, 3.05) is 26.2 Å². The monoisotopic (exact) mass is 288 g/mol. The summed E-state index contributed by atoms with van der Waals surface area (Å²) in [6.45, 7) is 11.7. The van der Waals surface area contributed by atoms with E-state index in [0.717, 1.165) is 24.9 Å². The van der Waals surface area contributed by atoms with Gasteiger partial charge in [-0.1, -0.05) is 44.2 Å². The smallest absolute Gasteiger partial charge is 0.0192 e. The van der Waals surface area contributed by atoms with Crippen molar-refractivity contribution >= 4 is 0 Å². The second kappa shape index (κ2) is 8.55. The molecule has 2 rings (SSSR count). The quantitative estimate of drug-likeness (QED) is 0.825. The molecule has 1 aromatic rings. The predicted molar refractivity (Wildman–Crippen MR) is 91.6 cm³/mol. The van der Waals surface area contributed by atoms with Gasteiger partial charge in [0.15, 0.2) is 0 Å². The number of piperidine rings is 1. The van der Waals surface area contributed by atoms with Crippen LogP contribution < -0.4 is 5.32 Å². The first-order valence-corrected chi connectivity index (χ1v) is 8.64. The zero-order chi connectivity index (χ0) is 15.1. The second-order valence-electron chi connectivity index (χ2n) is 7.07. The Kier molecular flexibility index (Phi) is 6.72. The lowest BCUT2D eigenvalue weighted by Crippen LogP contribution is -2.45. The van der Waals surface area contributed by atoms with E-state index in [2.05, 4.69) is 61.3 Å². The lowest BCUT2D eigenvalue weighted by atomic mass is 9.89. The van der Waals surface area contributed by atoms with Crippen LogP contribution in [0.2, 0.25) is 0 Å². The Morgan fingerprint density at radius 3 is 2.33 bits per heavy atom. The van der Waals surface area contributed by atoms with E-state index in [-0.39, 0.29) is 0 Å². The minimum absolute atomic E-state index is 0.668. The van der Waals surface area contributed by atoms with E-state index >= 15 is 0 Å². The van der Waals surface area contributed by atoms with Gasteiger partial charge in [0, 0.05) is 12.6 Å². The van der Waals surface area contributed by atoms with Crippen LogP contribution in [0.25, 0.3) is 0 Å². The van der Waals surface area contributed by atoms with Crippen molar-refractivity contribution < 1.29 is 0 Å². The van der Waals surface area contributed by atoms with Crippen molar-refractivity contribution in [1.82, 2.24) is 10.2 Å². The highest BCUT2D eigenvalue weighted by atomic mass is 15.2. The summed E-state index contributed by atoms with van der Waals surface area (Å²) >= 11 is 0. The van der Waals surface area contributed by atoms with E-state index in [1.807, 2.05) is 0 Å². The van der Waals surface area contributed by atoms with Crippen molar-refractivity contribution in [3.63, 3.8) is 0 Å². The molecule has 1 fully saturated rings. The Morgan fingerprint density at radius 1 is 1.05 bits per heavy atom. The van der Waals surface area contributed by atoms with E-state index in [1.54, 1.807) is 0 Å². The maximum absolute atomic E-state index is 3.59. The van der Waals surface area contributed by atoms with Crippen LogP contribution in [0.15, 0.2) is 30.3 Å². The molecule has 1 aliphatic rings. The summed E-state index contributed by atoms with van der Waals surface area (Å²) in [5, 5.41) is 3.59. The molecule has 0 radical (unpaired) electrons. The van der Waals surface area contributed by atoms with Gasteiger partial charge in [0.25, 0.3) is 0 Å². The number of nitrogens with zero attached hydrogens (tertiary/aromatic N) is 1. The molecular formula is C19H32N2. The summed E-state index contributed by atoms with van der Waals surface area (Å²) in [6.07, 6.45) is 3.96. The maximum atomic E-state index is 3.59. The molecule has 0 saturated carbocycles. The number of nitrogens with one attached hydrogen (secondary N) is 1. The molecule has 1 heterocycles. The molecule has 0 aromatic heterocycles. The van der Waals surface area contributed by atoms with Crippen molar-refractivity contribution in [2.45, 2.75) is 46.1 Å². The van der Waals surface area contributed by atoms with Gasteiger partial charge in [-0.15, -0.1) is 0 Å². The van der Waals surface area contributed by atoms with Crippen LogP contribution in [-0.4, -0.2) is 37.1 Å². The fourth-order valence-corrected chi connectivity index (χ4v) is 3.26. The number of hydrogen-bond donors (Lipinski definition) is 1. The molecule has 1 N–H and O–H groups in total. The summed E-state index contributed by atoms with van der Waals surface area (Å²) in [5.41, 5.74) is 1.50. The van der Waals surface area contributed by atoms with Gasteiger partial charge in [-0.05, 0) is 63.2 Å². The molecule has 1 saturated heterocycles. The Morgan fingerprint density at radius 2 is 1.71 bits per heavy atom. The maximum Gasteiger partial charge on any atom is 0.0192 e. The van der Waals surface area contributed by atoms with Gasteiger partial charge in [-0.2, -0.15) is 0 Å². The van der Waals surface area contributed by atoms with Crippen molar-refractivity contribution in [2.24, 2.45) is 11.8 Å². The topological polar surface area (TPSA) is 15.3 Å². The van der Waals surface area contributed by atoms with Crippen LogP contribution in [0.5, 0.6) is 0 Å². The summed E-state index contributed by atoms with van der Waals surface area (Å²) in [6, 6.07) is 11.6. The van der Waals surface area contributed by atoms with Crippen LogP contribution in [0.3, 0.4) is 0 Å². The van der Waals surface area contributed by atoms with E-state index < -0.39 is 0 Å². The highest BCUT2D eigenvalue weighted by Gasteiger charge is 2.22. The average molecular weight is 288 g/mol. The number of benzene rings is 1. The zero-order valence-corrected chi connectivity index (χ0v) is 14.0. The van der Waals surface area contributed by atoms with Gasteiger partial charge in [0.2, 0.25) is 0 Å². The van der Waals surface area contributed by atoms with Crippen LogP contribution in [0, 0.1) is 11.8 Å². The third-order valence-electron chi connectivity index (χ3n) is 4.63. The SMILES string of the molecule is CC(C)CNCC(C)N1CCC(Cc2ccccc2)CC1.